The van der Waals surface area contributed by atoms with E-state index >= 15 is 0 Å². The van der Waals surface area contributed by atoms with Crippen LogP contribution in [0.3, 0.4) is 0 Å². The van der Waals surface area contributed by atoms with Crippen LogP contribution in [0.1, 0.15) is 32.3 Å². The molecule has 0 unspecified atom stereocenters. The summed E-state index contributed by atoms with van der Waals surface area (Å²) in [5.41, 5.74) is 2.61. The number of rotatable bonds is 5. The molecular weight excluding hydrogens is 248 g/mol. The summed E-state index contributed by atoms with van der Waals surface area (Å²) in [7, 11) is 0. The quantitative estimate of drug-likeness (QED) is 0.876. The third-order valence-electron chi connectivity index (χ3n) is 4.65. The van der Waals surface area contributed by atoms with Crippen molar-refractivity contribution >= 4 is 10.9 Å². The Hall–Kier alpha value is -1.32. The van der Waals surface area contributed by atoms with E-state index < -0.39 is 0 Å². The van der Waals surface area contributed by atoms with E-state index in [4.69, 9.17) is 4.74 Å². The van der Waals surface area contributed by atoms with Crippen LogP contribution in [0.5, 0.6) is 0 Å². The smallest absolute Gasteiger partial charge is 0.0804 e. The molecule has 1 aliphatic heterocycles. The van der Waals surface area contributed by atoms with Gasteiger partial charge in [0.1, 0.15) is 0 Å². The minimum absolute atomic E-state index is 0.0184. The van der Waals surface area contributed by atoms with Crippen molar-refractivity contribution in [2.45, 2.75) is 44.8 Å². The predicted octanol–water partition coefficient (Wildman–Crippen LogP) is 3.26. The number of aromatic nitrogens is 1. The highest BCUT2D eigenvalue weighted by atomic mass is 16.5. The molecule has 2 aromatic rings. The predicted molar refractivity (Wildman–Crippen MR) is 83.1 cm³/mol. The summed E-state index contributed by atoms with van der Waals surface area (Å²) in [5.74, 6) is 0. The Morgan fingerprint density at radius 3 is 3.10 bits per heavy atom. The molecule has 1 aliphatic rings. The number of ether oxygens (including phenoxy) is 1. The highest BCUT2D eigenvalue weighted by Crippen LogP contribution is 2.28. The van der Waals surface area contributed by atoms with E-state index in [0.29, 0.717) is 6.04 Å². The van der Waals surface area contributed by atoms with Gasteiger partial charge in [-0.1, -0.05) is 6.07 Å². The number of fused-ring (bicyclic) bond motifs is 1. The standard InChI is InChI=1S/C17H24N2O/c1-13(17(2)8-3-11-20-17)18-9-6-14-4-5-16-15(12-14)7-10-19-16/h4-5,7,10,12-13,18-19H,3,6,8-9,11H2,1-2H3/t13-,17-/m0/s1. The van der Waals surface area contributed by atoms with Crippen LogP contribution in [-0.4, -0.2) is 29.8 Å². The highest BCUT2D eigenvalue weighted by Gasteiger charge is 2.35. The maximum Gasteiger partial charge on any atom is 0.0804 e. The van der Waals surface area contributed by atoms with Gasteiger partial charge >= 0.3 is 0 Å². The van der Waals surface area contributed by atoms with Crippen molar-refractivity contribution in [2.75, 3.05) is 13.2 Å². The Bertz CT molecular complexity index is 569. The van der Waals surface area contributed by atoms with Crippen molar-refractivity contribution in [3.63, 3.8) is 0 Å². The molecule has 108 valence electrons. The lowest BCUT2D eigenvalue weighted by molar-refractivity contribution is -0.00630. The average Bonchev–Trinajstić information content (AvgIpc) is 3.07. The Kier molecular flexibility index (Phi) is 3.81. The molecule has 2 heterocycles. The van der Waals surface area contributed by atoms with Crippen LogP contribution >= 0.6 is 0 Å². The molecule has 0 amide bonds. The lowest BCUT2D eigenvalue weighted by Crippen LogP contribution is -2.46. The molecule has 0 saturated carbocycles. The van der Waals surface area contributed by atoms with Gasteiger partial charge in [0.05, 0.1) is 5.60 Å². The second-order valence-electron chi connectivity index (χ2n) is 6.09. The normalized spacial score (nSPS) is 24.3. The molecule has 2 N–H and O–H groups in total. The molecule has 3 nitrogen and oxygen atoms in total. The fourth-order valence-electron chi connectivity index (χ4n) is 3.05. The first kappa shape index (κ1) is 13.7. The number of nitrogens with one attached hydrogen (secondary N) is 2. The van der Waals surface area contributed by atoms with E-state index in [-0.39, 0.29) is 5.60 Å². The molecular formula is C17H24N2O. The summed E-state index contributed by atoms with van der Waals surface area (Å²) in [6.07, 6.45) is 5.40. The summed E-state index contributed by atoms with van der Waals surface area (Å²) in [6, 6.07) is 9.17. The van der Waals surface area contributed by atoms with Gasteiger partial charge in [0, 0.05) is 24.4 Å². The third-order valence-corrected chi connectivity index (χ3v) is 4.65. The minimum Gasteiger partial charge on any atom is -0.374 e. The molecule has 0 radical (unpaired) electrons. The molecule has 3 rings (SSSR count). The van der Waals surface area contributed by atoms with Crippen molar-refractivity contribution < 1.29 is 4.74 Å². The van der Waals surface area contributed by atoms with Crippen LogP contribution < -0.4 is 5.32 Å². The first-order valence-electron chi connectivity index (χ1n) is 7.61. The van der Waals surface area contributed by atoms with Gasteiger partial charge in [-0.05, 0) is 68.8 Å². The first-order chi connectivity index (χ1) is 9.67. The van der Waals surface area contributed by atoms with Crippen LogP contribution in [-0.2, 0) is 11.2 Å². The van der Waals surface area contributed by atoms with Gasteiger partial charge in [0.25, 0.3) is 0 Å². The van der Waals surface area contributed by atoms with E-state index in [9.17, 15) is 0 Å². The van der Waals surface area contributed by atoms with E-state index in [1.165, 1.54) is 22.9 Å². The number of hydrogen-bond donors (Lipinski definition) is 2. The number of aromatic amines is 1. The second-order valence-corrected chi connectivity index (χ2v) is 6.09. The summed E-state index contributed by atoms with van der Waals surface area (Å²) < 4.78 is 5.89. The Balaban J connectivity index is 1.54. The molecule has 20 heavy (non-hydrogen) atoms. The van der Waals surface area contributed by atoms with Crippen LogP contribution in [0.25, 0.3) is 10.9 Å². The minimum atomic E-state index is 0.0184. The molecule has 3 heteroatoms. The lowest BCUT2D eigenvalue weighted by atomic mass is 9.94. The molecule has 0 aliphatic carbocycles. The Morgan fingerprint density at radius 2 is 2.30 bits per heavy atom. The number of H-pyrrole nitrogens is 1. The van der Waals surface area contributed by atoms with Gasteiger partial charge in [0.2, 0.25) is 0 Å². The lowest BCUT2D eigenvalue weighted by Gasteiger charge is -2.31. The maximum absolute atomic E-state index is 5.89. The second kappa shape index (κ2) is 5.58. The summed E-state index contributed by atoms with van der Waals surface area (Å²) in [4.78, 5) is 3.23. The summed E-state index contributed by atoms with van der Waals surface area (Å²) >= 11 is 0. The number of benzene rings is 1. The molecule has 0 bridgehead atoms. The van der Waals surface area contributed by atoms with Crippen molar-refractivity contribution in [2.24, 2.45) is 0 Å². The molecule has 0 spiro atoms. The number of hydrogen-bond acceptors (Lipinski definition) is 2. The third kappa shape index (κ3) is 2.74. The van der Waals surface area contributed by atoms with Gasteiger partial charge in [-0.25, -0.2) is 0 Å². The van der Waals surface area contributed by atoms with Gasteiger partial charge in [-0.3, -0.25) is 0 Å². The van der Waals surface area contributed by atoms with Crippen LogP contribution in [0.4, 0.5) is 0 Å². The Morgan fingerprint density at radius 1 is 1.40 bits per heavy atom. The van der Waals surface area contributed by atoms with Gasteiger partial charge in [0.15, 0.2) is 0 Å². The van der Waals surface area contributed by atoms with E-state index in [1.54, 1.807) is 0 Å². The average molecular weight is 272 g/mol. The molecule has 1 fully saturated rings. The highest BCUT2D eigenvalue weighted by molar-refractivity contribution is 5.79. The van der Waals surface area contributed by atoms with Crippen molar-refractivity contribution in [3.8, 4) is 0 Å². The SMILES string of the molecule is C[C@H](NCCc1ccc2[nH]ccc2c1)[C@]1(C)CCCO1. The van der Waals surface area contributed by atoms with Crippen molar-refractivity contribution in [1.29, 1.82) is 0 Å². The van der Waals surface area contributed by atoms with E-state index in [0.717, 1.165) is 26.0 Å². The first-order valence-corrected chi connectivity index (χ1v) is 7.61. The Labute approximate surface area is 120 Å². The van der Waals surface area contributed by atoms with E-state index in [1.807, 2.05) is 6.20 Å². The van der Waals surface area contributed by atoms with Crippen LogP contribution in [0, 0.1) is 0 Å². The fourth-order valence-corrected chi connectivity index (χ4v) is 3.05. The molecule has 1 aromatic heterocycles. The topological polar surface area (TPSA) is 37.0 Å². The fraction of sp³-hybridized carbons (Fsp3) is 0.529. The van der Waals surface area contributed by atoms with Crippen LogP contribution in [0.2, 0.25) is 0 Å². The summed E-state index contributed by atoms with van der Waals surface area (Å²) in [5, 5.41) is 4.92. The zero-order valence-corrected chi connectivity index (χ0v) is 12.4. The van der Waals surface area contributed by atoms with Gasteiger partial charge < -0.3 is 15.0 Å². The zero-order chi connectivity index (χ0) is 14.0. The largest absolute Gasteiger partial charge is 0.374 e. The van der Waals surface area contributed by atoms with Crippen molar-refractivity contribution in [1.82, 2.24) is 10.3 Å². The van der Waals surface area contributed by atoms with Gasteiger partial charge in [-0.15, -0.1) is 0 Å². The summed E-state index contributed by atoms with van der Waals surface area (Å²) in [6.45, 7) is 6.37. The molecule has 1 aromatic carbocycles. The maximum atomic E-state index is 5.89. The molecule has 2 atom stereocenters. The van der Waals surface area contributed by atoms with Crippen LogP contribution in [0.15, 0.2) is 30.5 Å². The van der Waals surface area contributed by atoms with Crippen molar-refractivity contribution in [3.05, 3.63) is 36.0 Å². The zero-order valence-electron chi connectivity index (χ0n) is 12.4. The molecule has 1 saturated heterocycles. The van der Waals surface area contributed by atoms with E-state index in [2.05, 4.69) is 48.4 Å². The van der Waals surface area contributed by atoms with Gasteiger partial charge in [-0.2, -0.15) is 0 Å². The monoisotopic (exact) mass is 272 g/mol.